The van der Waals surface area contributed by atoms with E-state index in [-0.39, 0.29) is 24.0 Å². The van der Waals surface area contributed by atoms with Gasteiger partial charge < -0.3 is 10.1 Å². The minimum Gasteiger partial charge on any atom is -0.456 e. The summed E-state index contributed by atoms with van der Waals surface area (Å²) in [4.78, 5) is 41.5. The number of aromatic nitrogens is 3. The molecule has 1 aromatic carbocycles. The Morgan fingerprint density at radius 1 is 1.30 bits per heavy atom. The number of hydrogen-bond acceptors (Lipinski definition) is 7. The highest BCUT2D eigenvalue weighted by molar-refractivity contribution is 7.16. The van der Waals surface area contributed by atoms with Crippen LogP contribution < -0.4 is 10.9 Å². The summed E-state index contributed by atoms with van der Waals surface area (Å²) in [5, 5.41) is 8.03. The van der Waals surface area contributed by atoms with Crippen molar-refractivity contribution in [1.29, 1.82) is 0 Å². The van der Waals surface area contributed by atoms with Crippen LogP contribution in [-0.4, -0.2) is 26.5 Å². The number of carbonyl (C=O) groups is 2. The molecule has 0 spiro atoms. The van der Waals surface area contributed by atoms with Gasteiger partial charge in [-0.3, -0.25) is 9.59 Å². The van der Waals surface area contributed by atoms with Crippen LogP contribution in [0.15, 0.2) is 35.1 Å². The Morgan fingerprint density at radius 2 is 2.10 bits per heavy atom. The predicted molar refractivity (Wildman–Crippen MR) is 113 cm³/mol. The van der Waals surface area contributed by atoms with Crippen LogP contribution in [0.1, 0.15) is 60.1 Å². The Kier molecular flexibility index (Phi) is 5.63. The Morgan fingerprint density at radius 3 is 2.83 bits per heavy atom. The molecule has 3 aromatic rings. The van der Waals surface area contributed by atoms with Crippen LogP contribution in [0.25, 0.3) is 4.96 Å². The van der Waals surface area contributed by atoms with E-state index in [1.54, 1.807) is 24.3 Å². The van der Waals surface area contributed by atoms with Crippen LogP contribution in [-0.2, 0) is 16.1 Å². The minimum atomic E-state index is -0.556. The Labute approximate surface area is 176 Å². The number of benzene rings is 1. The number of carbonyl (C=O) groups excluding carboxylic acids is 2. The normalized spacial score (nSPS) is 13.6. The van der Waals surface area contributed by atoms with E-state index in [0.717, 1.165) is 17.8 Å². The number of nitrogens with zero attached hydrogens (tertiary/aromatic N) is 3. The summed E-state index contributed by atoms with van der Waals surface area (Å²) in [6.45, 7) is 3.80. The average Bonchev–Trinajstić information content (AvgIpc) is 3.45. The highest BCUT2D eigenvalue weighted by Crippen LogP contribution is 2.41. The molecule has 9 heteroatoms. The van der Waals surface area contributed by atoms with E-state index in [1.165, 1.54) is 21.9 Å². The lowest BCUT2D eigenvalue weighted by Gasteiger charge is -2.09. The van der Waals surface area contributed by atoms with E-state index in [0.29, 0.717) is 34.2 Å². The molecule has 156 valence electrons. The summed E-state index contributed by atoms with van der Waals surface area (Å²) in [5.41, 5.74) is 0.930. The second-order valence-electron chi connectivity index (χ2n) is 7.80. The van der Waals surface area contributed by atoms with E-state index in [1.807, 2.05) is 13.8 Å². The number of nitrogens with one attached hydrogen (secondary N) is 1. The molecule has 1 N–H and O–H groups in total. The van der Waals surface area contributed by atoms with E-state index in [2.05, 4.69) is 15.4 Å². The topological polar surface area (TPSA) is 103 Å². The van der Waals surface area contributed by atoms with Crippen molar-refractivity contribution in [3.05, 3.63) is 57.0 Å². The first kappa shape index (κ1) is 20.2. The van der Waals surface area contributed by atoms with Gasteiger partial charge in [0.1, 0.15) is 11.6 Å². The number of rotatable bonds is 7. The first-order valence-corrected chi connectivity index (χ1v) is 10.7. The molecule has 1 fully saturated rings. The van der Waals surface area contributed by atoms with Crippen LogP contribution >= 0.6 is 11.3 Å². The van der Waals surface area contributed by atoms with Crippen LogP contribution in [0.3, 0.4) is 0 Å². The quantitative estimate of drug-likeness (QED) is 0.581. The van der Waals surface area contributed by atoms with Gasteiger partial charge in [0.15, 0.2) is 0 Å². The molecular weight excluding hydrogens is 404 g/mol. The van der Waals surface area contributed by atoms with Gasteiger partial charge in [0.05, 0.1) is 11.3 Å². The maximum Gasteiger partial charge on any atom is 0.338 e. The van der Waals surface area contributed by atoms with Crippen molar-refractivity contribution < 1.29 is 14.3 Å². The van der Waals surface area contributed by atoms with Crippen LogP contribution in [0.2, 0.25) is 0 Å². The predicted octanol–water partition coefficient (Wildman–Crippen LogP) is 3.37. The molecule has 0 bridgehead atoms. The van der Waals surface area contributed by atoms with Crippen LogP contribution in [0, 0.1) is 5.92 Å². The summed E-state index contributed by atoms with van der Waals surface area (Å²) < 4.78 is 6.63. The van der Waals surface area contributed by atoms with Crippen molar-refractivity contribution in [2.45, 2.75) is 45.6 Å². The van der Waals surface area contributed by atoms with Gasteiger partial charge in [-0.25, -0.2) is 9.78 Å². The molecule has 2 heterocycles. The van der Waals surface area contributed by atoms with Crippen molar-refractivity contribution in [2.24, 2.45) is 5.92 Å². The lowest BCUT2D eigenvalue weighted by molar-refractivity contribution is -0.116. The number of ether oxygens (including phenoxy) is 1. The van der Waals surface area contributed by atoms with Crippen molar-refractivity contribution in [2.75, 3.05) is 5.32 Å². The number of hydrogen-bond donors (Lipinski definition) is 1. The second-order valence-corrected chi connectivity index (χ2v) is 8.79. The van der Waals surface area contributed by atoms with Gasteiger partial charge in [-0.05, 0) is 37.0 Å². The molecule has 0 atom stereocenters. The Bertz CT molecular complexity index is 1160. The van der Waals surface area contributed by atoms with Gasteiger partial charge in [0, 0.05) is 24.1 Å². The molecule has 1 saturated carbocycles. The standard InChI is InChI=1S/C21H22N4O4S/c1-12(2)8-17(26)22-15-5-3-4-14(9-15)20(28)29-11-16-10-18(27)25-21(23-16)30-19(24-25)13-6-7-13/h3-5,9-10,12-13H,6-8,11H2,1-2H3,(H,22,26). The zero-order valence-electron chi connectivity index (χ0n) is 16.8. The van der Waals surface area contributed by atoms with Crippen molar-refractivity contribution in [3.63, 3.8) is 0 Å². The van der Waals surface area contributed by atoms with Crippen molar-refractivity contribution >= 4 is 33.9 Å². The first-order chi connectivity index (χ1) is 14.4. The number of esters is 1. The van der Waals surface area contributed by atoms with E-state index in [9.17, 15) is 14.4 Å². The minimum absolute atomic E-state index is 0.108. The van der Waals surface area contributed by atoms with Crippen LogP contribution in [0.5, 0.6) is 0 Å². The molecule has 0 aliphatic heterocycles. The zero-order valence-corrected chi connectivity index (χ0v) is 17.6. The maximum atomic E-state index is 12.4. The van der Waals surface area contributed by atoms with Gasteiger partial charge in [-0.2, -0.15) is 9.61 Å². The molecule has 2 aromatic heterocycles. The molecular formula is C21H22N4O4S. The highest BCUT2D eigenvalue weighted by Gasteiger charge is 2.28. The van der Waals surface area contributed by atoms with Gasteiger partial charge in [-0.15, -0.1) is 0 Å². The SMILES string of the molecule is CC(C)CC(=O)Nc1cccc(C(=O)OCc2cc(=O)n3nc(C4CC4)sc3n2)c1. The lowest BCUT2D eigenvalue weighted by atomic mass is 10.1. The molecule has 4 rings (SSSR count). The maximum absolute atomic E-state index is 12.4. The molecule has 1 aliphatic carbocycles. The lowest BCUT2D eigenvalue weighted by Crippen LogP contribution is -2.17. The largest absolute Gasteiger partial charge is 0.456 e. The summed E-state index contributed by atoms with van der Waals surface area (Å²) in [7, 11) is 0. The van der Waals surface area contributed by atoms with E-state index >= 15 is 0 Å². The first-order valence-electron chi connectivity index (χ1n) is 9.86. The Balaban J connectivity index is 1.42. The van der Waals surface area contributed by atoms with Crippen LogP contribution in [0.4, 0.5) is 5.69 Å². The smallest absolute Gasteiger partial charge is 0.338 e. The fraction of sp³-hybridized carbons (Fsp3) is 0.381. The number of amides is 1. The van der Waals surface area contributed by atoms with Crippen molar-refractivity contribution in [1.82, 2.24) is 14.6 Å². The molecule has 1 amide bonds. The third kappa shape index (κ3) is 4.73. The molecule has 1 aliphatic rings. The van der Waals surface area contributed by atoms with Gasteiger partial charge >= 0.3 is 5.97 Å². The number of anilines is 1. The third-order valence-electron chi connectivity index (χ3n) is 4.57. The summed E-state index contributed by atoms with van der Waals surface area (Å²) >= 11 is 1.40. The average molecular weight is 426 g/mol. The molecule has 0 radical (unpaired) electrons. The zero-order chi connectivity index (χ0) is 21.3. The Hall–Kier alpha value is -3.07. The van der Waals surface area contributed by atoms with E-state index < -0.39 is 5.97 Å². The molecule has 8 nitrogen and oxygen atoms in total. The second kappa shape index (κ2) is 8.35. The number of fused-ring (bicyclic) bond motifs is 1. The molecule has 30 heavy (non-hydrogen) atoms. The molecule has 0 unspecified atom stereocenters. The fourth-order valence-electron chi connectivity index (χ4n) is 2.97. The monoisotopic (exact) mass is 426 g/mol. The summed E-state index contributed by atoms with van der Waals surface area (Å²) in [5.74, 6) is 0.0141. The fourth-order valence-corrected chi connectivity index (χ4v) is 4.06. The highest BCUT2D eigenvalue weighted by atomic mass is 32.1. The third-order valence-corrected chi connectivity index (χ3v) is 5.64. The van der Waals surface area contributed by atoms with Crippen molar-refractivity contribution in [3.8, 4) is 0 Å². The van der Waals surface area contributed by atoms with Gasteiger partial charge in [-0.1, -0.05) is 31.3 Å². The summed E-state index contributed by atoms with van der Waals surface area (Å²) in [6.07, 6.45) is 2.59. The van der Waals surface area contributed by atoms with Gasteiger partial charge in [0.25, 0.3) is 5.56 Å². The van der Waals surface area contributed by atoms with E-state index in [4.69, 9.17) is 4.74 Å². The molecule has 0 saturated heterocycles. The van der Waals surface area contributed by atoms with Gasteiger partial charge in [0.2, 0.25) is 10.9 Å². The summed E-state index contributed by atoms with van der Waals surface area (Å²) in [6, 6.07) is 7.90.